The molecule has 1 N–H and O–H groups in total. The van der Waals surface area contributed by atoms with E-state index in [2.05, 4.69) is 15.5 Å². The van der Waals surface area contributed by atoms with Gasteiger partial charge in [0.15, 0.2) is 0 Å². The Labute approximate surface area is 242 Å². The van der Waals surface area contributed by atoms with E-state index in [-0.39, 0.29) is 19.0 Å². The first kappa shape index (κ1) is 27.6. The molecule has 2 aromatic heterocycles. The van der Waals surface area contributed by atoms with Gasteiger partial charge >= 0.3 is 0 Å². The van der Waals surface area contributed by atoms with Crippen molar-refractivity contribution in [2.75, 3.05) is 13.2 Å². The van der Waals surface area contributed by atoms with Crippen LogP contribution in [0.1, 0.15) is 34.5 Å². The topological polar surface area (TPSA) is 69.4 Å². The molecule has 6 rings (SSSR count). The van der Waals surface area contributed by atoms with Gasteiger partial charge in [0.05, 0.1) is 29.9 Å². The molecule has 3 aromatic carbocycles. The monoisotopic (exact) mass is 565 g/mol. The quantitative estimate of drug-likeness (QED) is 0.220. The minimum atomic E-state index is -0.446. The number of aliphatic hydroxyl groups is 1. The average molecular weight is 566 g/mol. The number of ether oxygens (including phenoxy) is 2. The van der Waals surface area contributed by atoms with Crippen LogP contribution < -0.4 is 4.74 Å². The van der Waals surface area contributed by atoms with Gasteiger partial charge in [-0.3, -0.25) is 0 Å². The zero-order valence-corrected chi connectivity index (χ0v) is 22.9. The van der Waals surface area contributed by atoms with Crippen LogP contribution in [-0.4, -0.2) is 32.9 Å². The van der Waals surface area contributed by atoms with Crippen molar-refractivity contribution in [3.05, 3.63) is 113 Å². The Kier molecular flexibility index (Phi) is 7.95. The maximum atomic E-state index is 15.5. The highest BCUT2D eigenvalue weighted by atomic mass is 19.1. The van der Waals surface area contributed by atoms with Crippen LogP contribution in [0.4, 0.5) is 8.78 Å². The predicted octanol–water partition coefficient (Wildman–Crippen LogP) is 6.06. The lowest BCUT2D eigenvalue weighted by Crippen LogP contribution is -2.14. The Morgan fingerprint density at radius 3 is 2.62 bits per heavy atom. The summed E-state index contributed by atoms with van der Waals surface area (Å²) in [4.78, 5) is 9.33. The van der Waals surface area contributed by atoms with Gasteiger partial charge in [-0.25, -0.2) is 18.7 Å². The van der Waals surface area contributed by atoms with Gasteiger partial charge in [-0.15, -0.1) is 6.42 Å². The number of rotatable bonds is 9. The Hall–Kier alpha value is -4.58. The summed E-state index contributed by atoms with van der Waals surface area (Å²) in [5, 5.41) is 9.67. The summed E-state index contributed by atoms with van der Waals surface area (Å²) in [7, 11) is 0. The molecule has 5 aromatic rings. The second-order valence-electron chi connectivity index (χ2n) is 10.4. The molecule has 0 aliphatic carbocycles. The number of imidazole rings is 1. The highest BCUT2D eigenvalue weighted by Gasteiger charge is 2.21. The fraction of sp³-hybridized carbons (Fsp3) is 0.235. The predicted molar refractivity (Wildman–Crippen MR) is 156 cm³/mol. The van der Waals surface area contributed by atoms with E-state index in [9.17, 15) is 9.50 Å². The summed E-state index contributed by atoms with van der Waals surface area (Å²) in [6, 6.07) is 20.5. The Bertz CT molecular complexity index is 1790. The van der Waals surface area contributed by atoms with E-state index in [0.29, 0.717) is 52.8 Å². The number of fused-ring (bicyclic) bond motifs is 1. The zero-order chi connectivity index (χ0) is 29.1. The molecule has 1 fully saturated rings. The van der Waals surface area contributed by atoms with Gasteiger partial charge in [-0.05, 0) is 53.9 Å². The molecule has 212 valence electrons. The number of halogens is 2. The molecule has 1 aliphatic rings. The molecule has 42 heavy (non-hydrogen) atoms. The average Bonchev–Trinajstić information content (AvgIpc) is 3.65. The van der Waals surface area contributed by atoms with Gasteiger partial charge in [0.1, 0.15) is 24.1 Å². The van der Waals surface area contributed by atoms with E-state index in [1.807, 2.05) is 24.3 Å². The lowest BCUT2D eigenvalue weighted by Gasteiger charge is -2.14. The fourth-order valence-electron chi connectivity index (χ4n) is 5.22. The number of pyridine rings is 1. The SMILES string of the molecule is C#Cc1ccc(COc2cccc(-c3ccc(Cc4nc5ccc(CO)cc5n4C[C@H]4CCOC4)c(F)c3)n2)c(F)c1. The van der Waals surface area contributed by atoms with Crippen molar-refractivity contribution >= 4 is 11.0 Å². The van der Waals surface area contributed by atoms with Crippen molar-refractivity contribution in [1.29, 1.82) is 0 Å². The van der Waals surface area contributed by atoms with E-state index in [1.54, 1.807) is 36.4 Å². The molecule has 0 radical (unpaired) electrons. The first-order valence-electron chi connectivity index (χ1n) is 13.8. The van der Waals surface area contributed by atoms with Crippen LogP contribution in [0.2, 0.25) is 0 Å². The molecule has 0 bridgehead atoms. The maximum absolute atomic E-state index is 15.5. The number of terminal acetylenes is 1. The van der Waals surface area contributed by atoms with Crippen LogP contribution in [-0.2, 0) is 30.9 Å². The second-order valence-corrected chi connectivity index (χ2v) is 10.4. The third kappa shape index (κ3) is 5.89. The molecule has 1 saturated heterocycles. The number of nitrogens with zero attached hydrogens (tertiary/aromatic N) is 3. The summed E-state index contributed by atoms with van der Waals surface area (Å²) in [6.07, 6.45) is 6.60. The van der Waals surface area contributed by atoms with Crippen molar-refractivity contribution in [3.8, 4) is 29.5 Å². The maximum Gasteiger partial charge on any atom is 0.214 e. The zero-order valence-electron chi connectivity index (χ0n) is 22.9. The third-order valence-electron chi connectivity index (χ3n) is 7.56. The van der Waals surface area contributed by atoms with Gasteiger partial charge in [0, 0.05) is 48.2 Å². The lowest BCUT2D eigenvalue weighted by molar-refractivity contribution is 0.182. The molecule has 3 heterocycles. The second kappa shape index (κ2) is 12.1. The Balaban J connectivity index is 1.22. The third-order valence-corrected chi connectivity index (χ3v) is 7.56. The van der Waals surface area contributed by atoms with Crippen LogP contribution in [0, 0.1) is 29.9 Å². The molecule has 0 amide bonds. The van der Waals surface area contributed by atoms with E-state index in [4.69, 9.17) is 20.9 Å². The van der Waals surface area contributed by atoms with Crippen LogP contribution >= 0.6 is 0 Å². The molecule has 8 heteroatoms. The molecule has 1 aliphatic heterocycles. The van der Waals surface area contributed by atoms with Crippen molar-refractivity contribution in [1.82, 2.24) is 14.5 Å². The Morgan fingerprint density at radius 1 is 1.00 bits per heavy atom. The van der Waals surface area contributed by atoms with Crippen LogP contribution in [0.5, 0.6) is 5.88 Å². The number of aromatic nitrogens is 3. The van der Waals surface area contributed by atoms with Crippen molar-refractivity contribution in [2.45, 2.75) is 32.6 Å². The van der Waals surface area contributed by atoms with Gasteiger partial charge < -0.3 is 19.1 Å². The normalized spacial score (nSPS) is 14.8. The standard InChI is InChI=1S/C34H29F2N3O3/c1-2-22-6-8-27(28(35)14-22)21-42-34-5-3-4-30(38-34)26-10-9-25(29(36)16-26)17-33-37-31-11-7-23(19-40)15-32(31)39(33)18-24-12-13-41-20-24/h1,3-11,14-16,24,40H,12-13,17-21H2/t24-/m1/s1. The van der Waals surface area contributed by atoms with Crippen LogP contribution in [0.3, 0.4) is 0 Å². The van der Waals surface area contributed by atoms with Crippen molar-refractivity contribution in [2.24, 2.45) is 5.92 Å². The lowest BCUT2D eigenvalue weighted by atomic mass is 10.0. The molecule has 0 unspecified atom stereocenters. The van der Waals surface area contributed by atoms with Crippen LogP contribution in [0.25, 0.3) is 22.3 Å². The first-order chi connectivity index (χ1) is 20.5. The smallest absolute Gasteiger partial charge is 0.214 e. The van der Waals surface area contributed by atoms with Gasteiger partial charge in [0.2, 0.25) is 5.88 Å². The summed E-state index contributed by atoms with van der Waals surface area (Å²) in [5.41, 5.74) is 4.99. The van der Waals surface area contributed by atoms with Crippen molar-refractivity contribution < 1.29 is 23.4 Å². The molecule has 1 atom stereocenters. The first-order valence-corrected chi connectivity index (χ1v) is 13.8. The van der Waals surface area contributed by atoms with E-state index in [1.165, 1.54) is 12.1 Å². The van der Waals surface area contributed by atoms with Gasteiger partial charge in [0.25, 0.3) is 0 Å². The number of aliphatic hydroxyl groups excluding tert-OH is 1. The number of hydrogen-bond acceptors (Lipinski definition) is 5. The number of benzene rings is 3. The minimum Gasteiger partial charge on any atom is -0.473 e. The highest BCUT2D eigenvalue weighted by molar-refractivity contribution is 5.77. The molecule has 0 saturated carbocycles. The van der Waals surface area contributed by atoms with E-state index >= 15 is 4.39 Å². The van der Waals surface area contributed by atoms with E-state index in [0.717, 1.165) is 42.0 Å². The van der Waals surface area contributed by atoms with Crippen LogP contribution in [0.15, 0.2) is 72.8 Å². The summed E-state index contributed by atoms with van der Waals surface area (Å²) in [5.74, 6) is 3.00. The fourth-order valence-corrected chi connectivity index (χ4v) is 5.22. The van der Waals surface area contributed by atoms with Gasteiger partial charge in [-0.1, -0.05) is 36.3 Å². The molecular formula is C34H29F2N3O3. The molecule has 0 spiro atoms. The largest absolute Gasteiger partial charge is 0.473 e. The molecular weight excluding hydrogens is 536 g/mol. The minimum absolute atomic E-state index is 0.0196. The van der Waals surface area contributed by atoms with Crippen molar-refractivity contribution in [3.63, 3.8) is 0 Å². The Morgan fingerprint density at radius 2 is 1.86 bits per heavy atom. The molecule has 6 nitrogen and oxygen atoms in total. The van der Waals surface area contributed by atoms with Gasteiger partial charge in [-0.2, -0.15) is 0 Å². The van der Waals surface area contributed by atoms with E-state index < -0.39 is 5.82 Å². The highest BCUT2D eigenvalue weighted by Crippen LogP contribution is 2.27. The summed E-state index contributed by atoms with van der Waals surface area (Å²) in [6.45, 7) is 2.06. The number of hydrogen-bond donors (Lipinski definition) is 1. The summed E-state index contributed by atoms with van der Waals surface area (Å²) < 4.78 is 43.2. The summed E-state index contributed by atoms with van der Waals surface area (Å²) >= 11 is 0.